The lowest BCUT2D eigenvalue weighted by Gasteiger charge is -2.27. The van der Waals surface area contributed by atoms with Crippen LogP contribution in [-0.2, 0) is 14.3 Å². The van der Waals surface area contributed by atoms with Gasteiger partial charge in [0, 0.05) is 30.3 Å². The second kappa shape index (κ2) is 6.84. The van der Waals surface area contributed by atoms with Crippen molar-refractivity contribution >= 4 is 35.4 Å². The van der Waals surface area contributed by atoms with Gasteiger partial charge in [0.05, 0.1) is 25.8 Å². The van der Waals surface area contributed by atoms with E-state index in [1.807, 2.05) is 5.01 Å². The molecule has 1 saturated carbocycles. The fourth-order valence-corrected chi connectivity index (χ4v) is 3.18. The molecule has 0 atom stereocenters. The van der Waals surface area contributed by atoms with Crippen LogP contribution >= 0.6 is 0 Å². The molecule has 5 rings (SSSR count). The molecule has 0 spiro atoms. The largest absolute Gasteiger partial charge is 0.379 e. The molecular weight excluding hydrogens is 364 g/mol. The lowest BCUT2D eigenvalue weighted by Crippen LogP contribution is -2.40. The van der Waals surface area contributed by atoms with Crippen molar-refractivity contribution in [3.05, 3.63) is 17.3 Å². The molecule has 28 heavy (non-hydrogen) atoms. The van der Waals surface area contributed by atoms with Crippen LogP contribution < -0.4 is 16.1 Å². The van der Waals surface area contributed by atoms with E-state index in [2.05, 4.69) is 31.1 Å². The number of carbonyl (C=O) groups is 2. The molecule has 0 radical (unpaired) electrons. The number of carbonyl (C=O) groups excluding carboxylic acids is 2. The minimum atomic E-state index is -0.374. The first-order chi connectivity index (χ1) is 13.7. The molecule has 11 nitrogen and oxygen atoms in total. The van der Waals surface area contributed by atoms with Gasteiger partial charge in [0.1, 0.15) is 0 Å². The van der Waals surface area contributed by atoms with Crippen LogP contribution in [-0.4, -0.2) is 68.8 Å². The van der Waals surface area contributed by atoms with Crippen LogP contribution in [0.3, 0.4) is 0 Å². The third kappa shape index (κ3) is 3.41. The predicted molar refractivity (Wildman–Crippen MR) is 99.2 cm³/mol. The van der Waals surface area contributed by atoms with Crippen molar-refractivity contribution < 1.29 is 14.3 Å². The molecule has 3 aliphatic rings. The summed E-state index contributed by atoms with van der Waals surface area (Å²) in [5, 5.41) is 12.0. The van der Waals surface area contributed by atoms with E-state index in [4.69, 9.17) is 4.74 Å². The van der Waals surface area contributed by atoms with Crippen molar-refractivity contribution in [1.29, 1.82) is 0 Å². The average molecular weight is 384 g/mol. The second-order valence-corrected chi connectivity index (χ2v) is 7.06. The number of ether oxygens (including phenoxy) is 1. The highest BCUT2D eigenvalue weighted by Crippen LogP contribution is 2.26. The summed E-state index contributed by atoms with van der Waals surface area (Å²) < 4.78 is 7.00. The molecule has 4 heterocycles. The highest BCUT2D eigenvalue weighted by Gasteiger charge is 2.26. The molecule has 0 unspecified atom stereocenters. The van der Waals surface area contributed by atoms with E-state index in [-0.39, 0.29) is 18.2 Å². The lowest BCUT2D eigenvalue weighted by atomic mass is 10.1. The van der Waals surface area contributed by atoms with Gasteiger partial charge in [-0.1, -0.05) is 0 Å². The van der Waals surface area contributed by atoms with Crippen molar-refractivity contribution in [1.82, 2.24) is 29.9 Å². The smallest absolute Gasteiger partial charge is 0.254 e. The normalized spacial score (nSPS) is 22.1. The van der Waals surface area contributed by atoms with E-state index >= 15 is 0 Å². The number of hydrazine groups is 1. The van der Waals surface area contributed by atoms with Gasteiger partial charge in [-0.2, -0.15) is 19.6 Å². The summed E-state index contributed by atoms with van der Waals surface area (Å²) in [7, 11) is 0. The van der Waals surface area contributed by atoms with E-state index < -0.39 is 0 Å². The van der Waals surface area contributed by atoms with Crippen molar-refractivity contribution in [2.75, 3.05) is 37.0 Å². The first-order valence-corrected chi connectivity index (χ1v) is 9.32. The Morgan fingerprint density at radius 1 is 1.21 bits per heavy atom. The van der Waals surface area contributed by atoms with Gasteiger partial charge >= 0.3 is 0 Å². The molecule has 1 aliphatic carbocycles. The van der Waals surface area contributed by atoms with E-state index in [0.29, 0.717) is 47.9 Å². The Labute approximate surface area is 160 Å². The maximum atomic E-state index is 11.9. The van der Waals surface area contributed by atoms with Crippen LogP contribution in [0.4, 0.5) is 11.9 Å². The maximum absolute atomic E-state index is 11.9. The zero-order chi connectivity index (χ0) is 19.1. The van der Waals surface area contributed by atoms with E-state index in [1.165, 1.54) is 0 Å². The van der Waals surface area contributed by atoms with E-state index in [1.54, 1.807) is 16.8 Å². The lowest BCUT2D eigenvalue weighted by molar-refractivity contribution is -0.124. The van der Waals surface area contributed by atoms with Gasteiger partial charge < -0.3 is 10.1 Å². The van der Waals surface area contributed by atoms with Crippen molar-refractivity contribution in [2.45, 2.75) is 25.3 Å². The molecule has 146 valence electrons. The fourth-order valence-electron chi connectivity index (χ4n) is 3.18. The summed E-state index contributed by atoms with van der Waals surface area (Å²) in [6.07, 6.45) is 5.54. The Balaban J connectivity index is 1.52. The predicted octanol–water partition coefficient (Wildman–Crippen LogP) is -0.212. The summed E-state index contributed by atoms with van der Waals surface area (Å²) in [5.41, 5.74) is 4.85. The minimum Gasteiger partial charge on any atom is -0.379 e. The summed E-state index contributed by atoms with van der Waals surface area (Å²) in [6, 6.07) is 0.388. The van der Waals surface area contributed by atoms with Crippen LogP contribution in [0.5, 0.6) is 0 Å². The Morgan fingerprint density at radius 2 is 2.04 bits per heavy atom. The number of hydrogen-bond donors (Lipinski definition) is 3. The van der Waals surface area contributed by atoms with Crippen LogP contribution in [0.2, 0.25) is 0 Å². The molecule has 0 bridgehead atoms. The van der Waals surface area contributed by atoms with Gasteiger partial charge in [-0.15, -0.1) is 0 Å². The van der Waals surface area contributed by atoms with Gasteiger partial charge in [0.2, 0.25) is 17.8 Å². The minimum absolute atomic E-state index is 0.0628. The number of morpholine rings is 1. The van der Waals surface area contributed by atoms with Crippen molar-refractivity contribution in [2.24, 2.45) is 0 Å². The van der Waals surface area contributed by atoms with Crippen LogP contribution in [0.15, 0.2) is 11.8 Å². The fraction of sp³-hybridized carbons (Fsp3) is 0.471. The van der Waals surface area contributed by atoms with Gasteiger partial charge in [0.15, 0.2) is 5.65 Å². The quantitative estimate of drug-likeness (QED) is 0.474. The summed E-state index contributed by atoms with van der Waals surface area (Å²) >= 11 is 0. The maximum Gasteiger partial charge on any atom is 0.254 e. The van der Waals surface area contributed by atoms with Crippen LogP contribution in [0, 0.1) is 0 Å². The number of anilines is 2. The van der Waals surface area contributed by atoms with Crippen LogP contribution in [0.1, 0.15) is 24.8 Å². The number of imide groups is 1. The number of fused-ring (bicyclic) bond motifs is 1. The molecule has 2 aromatic rings. The number of amides is 2. The number of nitrogens with one attached hydrogen (secondary N) is 3. The second-order valence-electron chi connectivity index (χ2n) is 7.06. The Morgan fingerprint density at radius 3 is 2.75 bits per heavy atom. The van der Waals surface area contributed by atoms with Crippen molar-refractivity contribution in [3.63, 3.8) is 0 Å². The molecule has 11 heteroatoms. The first kappa shape index (κ1) is 17.1. The third-order valence-electron chi connectivity index (χ3n) is 4.80. The number of aromatic nitrogens is 4. The molecule has 3 N–H and O–H groups in total. The Hall–Kier alpha value is -3.05. The van der Waals surface area contributed by atoms with Crippen LogP contribution in [0.25, 0.3) is 11.7 Å². The summed E-state index contributed by atoms with van der Waals surface area (Å²) in [5.74, 6) is 0.374. The highest BCUT2D eigenvalue weighted by molar-refractivity contribution is 6.15. The zero-order valence-electron chi connectivity index (χ0n) is 15.1. The number of nitrogens with zero attached hydrogens (tertiary/aromatic N) is 5. The highest BCUT2D eigenvalue weighted by atomic mass is 16.5. The van der Waals surface area contributed by atoms with Crippen molar-refractivity contribution in [3.8, 4) is 0 Å². The SMILES string of the molecule is O=C1C/C(=C\c2cnn3c(NC4CC4)nc(NN4CCOCC4)nc23)C(=O)N1. The molecular formula is C17H20N8O3. The molecule has 2 saturated heterocycles. The summed E-state index contributed by atoms with van der Waals surface area (Å²) in [4.78, 5) is 32.5. The summed E-state index contributed by atoms with van der Waals surface area (Å²) in [6.45, 7) is 2.77. The van der Waals surface area contributed by atoms with E-state index in [0.717, 1.165) is 25.9 Å². The van der Waals surface area contributed by atoms with E-state index in [9.17, 15) is 9.59 Å². The number of rotatable bonds is 5. The monoisotopic (exact) mass is 384 g/mol. The third-order valence-corrected chi connectivity index (χ3v) is 4.80. The van der Waals surface area contributed by atoms with Gasteiger partial charge in [-0.3, -0.25) is 20.3 Å². The molecule has 2 aromatic heterocycles. The van der Waals surface area contributed by atoms with Gasteiger partial charge in [-0.05, 0) is 18.9 Å². The molecule has 0 aromatic carbocycles. The topological polar surface area (TPSA) is 126 Å². The van der Waals surface area contributed by atoms with Gasteiger partial charge in [0.25, 0.3) is 5.91 Å². The van der Waals surface area contributed by atoms with Gasteiger partial charge in [-0.25, -0.2) is 5.01 Å². The number of hydrogen-bond acceptors (Lipinski definition) is 9. The zero-order valence-corrected chi connectivity index (χ0v) is 15.1. The molecule has 2 aliphatic heterocycles. The Kier molecular flexibility index (Phi) is 4.17. The first-order valence-electron chi connectivity index (χ1n) is 9.32. The molecule has 2 amide bonds. The molecule has 3 fully saturated rings. The standard InChI is InChI=1S/C17H20N8O3/c26-13-8-10(15(27)20-13)7-11-9-18-25-14(11)21-16(22-17(25)19-12-1-2-12)23-24-3-5-28-6-4-24/h7,9,12H,1-6,8H2,(H,20,26,27)(H2,19,21,22,23)/b10-7+. The average Bonchev–Trinajstić information content (AvgIpc) is 3.32. The Bertz CT molecular complexity index is 974.